The third kappa shape index (κ3) is 1.84. The lowest BCUT2D eigenvalue weighted by molar-refractivity contribution is 0.0302. The van der Waals surface area contributed by atoms with Crippen molar-refractivity contribution in [1.82, 2.24) is 9.55 Å². The van der Waals surface area contributed by atoms with Crippen LogP contribution in [-0.2, 0) is 11.8 Å². The minimum Gasteiger partial charge on any atom is -0.371 e. The topological polar surface area (TPSA) is 47.4 Å². The normalized spacial score (nSPS) is 27.5. The summed E-state index contributed by atoms with van der Waals surface area (Å²) in [6, 6.07) is 1.62. The number of morpholine rings is 1. The first kappa shape index (κ1) is 10.8. The van der Waals surface area contributed by atoms with Crippen LogP contribution in [0.5, 0.6) is 0 Å². The Morgan fingerprint density at radius 1 is 1.35 bits per heavy atom. The van der Waals surface area contributed by atoms with Crippen molar-refractivity contribution in [2.45, 2.75) is 32.0 Å². The number of aryl methyl sites for hydroxylation is 1. The Morgan fingerprint density at radius 2 is 2.00 bits per heavy atom. The molecule has 0 radical (unpaired) electrons. The Balaban J connectivity index is 1.92. The molecule has 2 aliphatic rings. The fraction of sp³-hybridized carbons (Fsp3) is 0.667. The summed E-state index contributed by atoms with van der Waals surface area (Å²) < 4.78 is 7.35. The van der Waals surface area contributed by atoms with E-state index in [0.717, 1.165) is 37.6 Å². The minimum absolute atomic E-state index is 0.00587. The van der Waals surface area contributed by atoms with Gasteiger partial charge in [-0.05, 0) is 19.8 Å². The van der Waals surface area contributed by atoms with Crippen molar-refractivity contribution in [2.75, 3.05) is 18.0 Å². The van der Waals surface area contributed by atoms with Gasteiger partial charge in [-0.15, -0.1) is 0 Å². The Kier molecular flexibility index (Phi) is 2.43. The molecule has 3 heterocycles. The molecule has 2 atom stereocenters. The molecule has 1 aromatic heterocycles. The molecule has 0 aliphatic carbocycles. The van der Waals surface area contributed by atoms with Crippen LogP contribution in [0.2, 0.25) is 0 Å². The lowest BCUT2D eigenvalue weighted by Gasteiger charge is -2.33. The molecule has 5 heteroatoms. The second kappa shape index (κ2) is 3.84. The molecule has 5 nitrogen and oxygen atoms in total. The average molecular weight is 235 g/mol. The molecule has 0 saturated carbocycles. The fourth-order valence-electron chi connectivity index (χ4n) is 2.60. The van der Waals surface area contributed by atoms with E-state index in [0.29, 0.717) is 12.2 Å². The summed E-state index contributed by atoms with van der Waals surface area (Å²) >= 11 is 0. The highest BCUT2D eigenvalue weighted by molar-refractivity contribution is 5.39. The van der Waals surface area contributed by atoms with Crippen molar-refractivity contribution in [1.29, 1.82) is 0 Å². The number of aromatic nitrogens is 2. The third-order valence-electron chi connectivity index (χ3n) is 3.71. The van der Waals surface area contributed by atoms with Gasteiger partial charge in [-0.25, -0.2) is 4.98 Å². The van der Waals surface area contributed by atoms with Crippen molar-refractivity contribution in [3.63, 3.8) is 0 Å². The Bertz CT molecular complexity index is 485. The predicted octanol–water partition coefficient (Wildman–Crippen LogP) is 0.456. The van der Waals surface area contributed by atoms with Gasteiger partial charge in [-0.1, -0.05) is 0 Å². The fourth-order valence-corrected chi connectivity index (χ4v) is 2.60. The lowest BCUT2D eigenvalue weighted by Crippen LogP contribution is -2.43. The first-order chi connectivity index (χ1) is 8.13. The molecule has 2 fully saturated rings. The van der Waals surface area contributed by atoms with Crippen LogP contribution in [0.1, 0.15) is 18.7 Å². The highest BCUT2D eigenvalue weighted by atomic mass is 16.5. The standard InChI is InChI=1S/C12H17N3O2/c1-8-13-11(5-12(16)14(8)2)15-6-9-3-4-10(7-15)17-9/h5,9-10H,3-4,6-7H2,1-2H3. The van der Waals surface area contributed by atoms with Crippen molar-refractivity contribution >= 4 is 5.82 Å². The van der Waals surface area contributed by atoms with Crippen LogP contribution in [-0.4, -0.2) is 34.8 Å². The molecule has 0 spiro atoms. The van der Waals surface area contributed by atoms with Gasteiger partial charge in [0, 0.05) is 26.2 Å². The van der Waals surface area contributed by atoms with Crippen LogP contribution < -0.4 is 10.5 Å². The molecule has 0 amide bonds. The second-order valence-corrected chi connectivity index (χ2v) is 4.92. The van der Waals surface area contributed by atoms with Crippen molar-refractivity contribution in [3.05, 3.63) is 22.2 Å². The SMILES string of the molecule is Cc1nc(N2CC3CCC(C2)O3)cc(=O)n1C. The maximum Gasteiger partial charge on any atom is 0.255 e. The van der Waals surface area contributed by atoms with E-state index in [1.807, 2.05) is 6.92 Å². The molecule has 2 bridgehead atoms. The minimum atomic E-state index is 0.00587. The van der Waals surface area contributed by atoms with Crippen LogP contribution >= 0.6 is 0 Å². The molecule has 2 aliphatic heterocycles. The summed E-state index contributed by atoms with van der Waals surface area (Å²) in [7, 11) is 1.75. The van der Waals surface area contributed by atoms with Gasteiger partial charge in [-0.2, -0.15) is 0 Å². The van der Waals surface area contributed by atoms with Gasteiger partial charge in [0.05, 0.1) is 12.2 Å². The predicted molar refractivity (Wildman–Crippen MR) is 64.3 cm³/mol. The Hall–Kier alpha value is -1.36. The first-order valence-corrected chi connectivity index (χ1v) is 6.08. The van der Waals surface area contributed by atoms with E-state index in [2.05, 4.69) is 9.88 Å². The number of anilines is 1. The van der Waals surface area contributed by atoms with E-state index < -0.39 is 0 Å². The van der Waals surface area contributed by atoms with Crippen molar-refractivity contribution in [2.24, 2.45) is 7.05 Å². The molecular formula is C12H17N3O2. The summed E-state index contributed by atoms with van der Waals surface area (Å²) in [5.74, 6) is 1.55. The first-order valence-electron chi connectivity index (χ1n) is 6.08. The number of ether oxygens (including phenoxy) is 1. The van der Waals surface area contributed by atoms with Crippen LogP contribution in [0.25, 0.3) is 0 Å². The number of hydrogen-bond acceptors (Lipinski definition) is 4. The second-order valence-electron chi connectivity index (χ2n) is 4.92. The number of fused-ring (bicyclic) bond motifs is 2. The van der Waals surface area contributed by atoms with Crippen LogP contribution in [0.3, 0.4) is 0 Å². The quantitative estimate of drug-likeness (QED) is 0.709. The van der Waals surface area contributed by atoms with Gasteiger partial charge in [0.15, 0.2) is 0 Å². The van der Waals surface area contributed by atoms with Gasteiger partial charge in [-0.3, -0.25) is 9.36 Å². The van der Waals surface area contributed by atoms with Crippen molar-refractivity contribution in [3.8, 4) is 0 Å². The summed E-state index contributed by atoms with van der Waals surface area (Å²) in [5.41, 5.74) is 0.00587. The lowest BCUT2D eigenvalue weighted by atomic mass is 10.2. The zero-order chi connectivity index (χ0) is 12.0. The summed E-state index contributed by atoms with van der Waals surface area (Å²) in [6.07, 6.45) is 2.90. The molecule has 2 saturated heterocycles. The Morgan fingerprint density at radius 3 is 2.59 bits per heavy atom. The van der Waals surface area contributed by atoms with Gasteiger partial charge >= 0.3 is 0 Å². The number of hydrogen-bond donors (Lipinski definition) is 0. The third-order valence-corrected chi connectivity index (χ3v) is 3.71. The Labute approximate surface area is 100 Å². The van der Waals surface area contributed by atoms with Gasteiger partial charge in [0.1, 0.15) is 11.6 Å². The van der Waals surface area contributed by atoms with E-state index >= 15 is 0 Å². The van der Waals surface area contributed by atoms with E-state index in [4.69, 9.17) is 4.74 Å². The highest BCUT2D eigenvalue weighted by Gasteiger charge is 2.34. The van der Waals surface area contributed by atoms with E-state index in [-0.39, 0.29) is 5.56 Å². The van der Waals surface area contributed by atoms with Gasteiger partial charge < -0.3 is 9.64 Å². The highest BCUT2D eigenvalue weighted by Crippen LogP contribution is 2.28. The molecule has 0 N–H and O–H groups in total. The molecule has 2 unspecified atom stereocenters. The molecule has 92 valence electrons. The molecule has 0 aromatic carbocycles. The number of nitrogens with zero attached hydrogens (tertiary/aromatic N) is 3. The summed E-state index contributed by atoms with van der Waals surface area (Å²) in [5, 5.41) is 0. The van der Waals surface area contributed by atoms with Gasteiger partial charge in [0.25, 0.3) is 5.56 Å². The molecule has 3 rings (SSSR count). The van der Waals surface area contributed by atoms with Crippen molar-refractivity contribution < 1.29 is 4.74 Å². The van der Waals surface area contributed by atoms with E-state index in [9.17, 15) is 4.79 Å². The largest absolute Gasteiger partial charge is 0.371 e. The summed E-state index contributed by atoms with van der Waals surface area (Å²) in [6.45, 7) is 3.58. The van der Waals surface area contributed by atoms with Crippen LogP contribution in [0.15, 0.2) is 10.9 Å². The maximum atomic E-state index is 11.7. The molecule has 17 heavy (non-hydrogen) atoms. The maximum absolute atomic E-state index is 11.7. The van der Waals surface area contributed by atoms with E-state index in [1.54, 1.807) is 17.7 Å². The smallest absolute Gasteiger partial charge is 0.255 e. The van der Waals surface area contributed by atoms with Crippen LogP contribution in [0.4, 0.5) is 5.82 Å². The van der Waals surface area contributed by atoms with Crippen LogP contribution in [0, 0.1) is 6.92 Å². The van der Waals surface area contributed by atoms with Gasteiger partial charge in [0.2, 0.25) is 0 Å². The zero-order valence-electron chi connectivity index (χ0n) is 10.2. The van der Waals surface area contributed by atoms with E-state index in [1.165, 1.54) is 0 Å². The zero-order valence-corrected chi connectivity index (χ0v) is 10.2. The number of rotatable bonds is 1. The average Bonchev–Trinajstić information content (AvgIpc) is 2.64. The molecule has 1 aromatic rings. The monoisotopic (exact) mass is 235 g/mol. The molecular weight excluding hydrogens is 218 g/mol. The summed E-state index contributed by atoms with van der Waals surface area (Å²) in [4.78, 5) is 18.4.